The Bertz CT molecular complexity index is 969. The molecule has 1 amide bonds. The first-order valence-corrected chi connectivity index (χ1v) is 10.6. The first kappa shape index (κ1) is 22.7. The molecule has 1 atom stereocenters. The summed E-state index contributed by atoms with van der Waals surface area (Å²) in [5.41, 5.74) is -0.394. The molecule has 0 aromatic heterocycles. The predicted octanol–water partition coefficient (Wildman–Crippen LogP) is 3.43. The van der Waals surface area contributed by atoms with Gasteiger partial charge in [-0.15, -0.1) is 6.42 Å². The largest absolute Gasteiger partial charge is 0.463 e. The Morgan fingerprint density at radius 2 is 2.10 bits per heavy atom. The third-order valence-electron chi connectivity index (χ3n) is 4.08. The van der Waals surface area contributed by atoms with Gasteiger partial charge in [0.25, 0.3) is 10.0 Å². The molecule has 0 radical (unpaired) electrons. The second-order valence-corrected chi connectivity index (χ2v) is 8.33. The van der Waals surface area contributed by atoms with Crippen LogP contribution in [0.4, 0.5) is 14.9 Å². The molecule has 7 nitrogen and oxygen atoms in total. The maximum absolute atomic E-state index is 13.5. The number of allylic oxidation sites excluding steroid dienone is 1. The van der Waals surface area contributed by atoms with E-state index in [-0.39, 0.29) is 29.3 Å². The first-order chi connectivity index (χ1) is 13.7. The van der Waals surface area contributed by atoms with Crippen LogP contribution in [0.25, 0.3) is 0 Å². The fourth-order valence-electron chi connectivity index (χ4n) is 2.86. The second-order valence-electron chi connectivity index (χ2n) is 5.96. The van der Waals surface area contributed by atoms with E-state index in [1.54, 1.807) is 6.92 Å². The molecule has 156 valence electrons. The molecule has 0 bridgehead atoms. The van der Waals surface area contributed by atoms with Crippen molar-refractivity contribution in [2.24, 2.45) is 0 Å². The number of terminal acetylenes is 1. The summed E-state index contributed by atoms with van der Waals surface area (Å²) in [5.74, 6) is 0.547. The van der Waals surface area contributed by atoms with Gasteiger partial charge >= 0.3 is 12.1 Å². The number of hydrogen-bond donors (Lipinski definition) is 0. The van der Waals surface area contributed by atoms with Gasteiger partial charge in [0.15, 0.2) is 6.61 Å². The maximum Gasteiger partial charge on any atom is 0.429 e. The Morgan fingerprint density at radius 3 is 2.72 bits per heavy atom. The highest BCUT2D eigenvalue weighted by atomic mass is 35.5. The third-order valence-corrected chi connectivity index (χ3v) is 6.45. The molecule has 0 fully saturated rings. The lowest BCUT2D eigenvalue weighted by Crippen LogP contribution is -2.46. The molecular weight excluding hydrogens is 425 g/mol. The lowest BCUT2D eigenvalue weighted by atomic mass is 9.99. The van der Waals surface area contributed by atoms with Crippen LogP contribution < -0.4 is 4.31 Å². The van der Waals surface area contributed by atoms with Crippen molar-refractivity contribution < 1.29 is 31.9 Å². The lowest BCUT2D eigenvalue weighted by molar-refractivity contribution is -0.138. The molecule has 1 aliphatic rings. The summed E-state index contributed by atoms with van der Waals surface area (Å²) in [6, 6.07) is 2.83. The van der Waals surface area contributed by atoms with E-state index in [1.165, 1.54) is 6.08 Å². The highest BCUT2D eigenvalue weighted by molar-refractivity contribution is 7.94. The number of sulfonamides is 1. The van der Waals surface area contributed by atoms with E-state index in [0.29, 0.717) is 17.1 Å². The van der Waals surface area contributed by atoms with Gasteiger partial charge in [0.05, 0.1) is 22.9 Å². The molecule has 1 aromatic rings. The number of ether oxygens (including phenoxy) is 2. The van der Waals surface area contributed by atoms with E-state index >= 15 is 0 Å². The highest BCUT2D eigenvalue weighted by Crippen LogP contribution is 2.35. The van der Waals surface area contributed by atoms with Gasteiger partial charge in [-0.3, -0.25) is 0 Å². The molecule has 0 saturated heterocycles. The van der Waals surface area contributed by atoms with Crippen LogP contribution in [-0.4, -0.2) is 38.9 Å². The number of esters is 1. The van der Waals surface area contributed by atoms with E-state index in [4.69, 9.17) is 27.5 Å². The number of hydrogen-bond acceptors (Lipinski definition) is 6. The van der Waals surface area contributed by atoms with Crippen molar-refractivity contribution in [3.63, 3.8) is 0 Å². The summed E-state index contributed by atoms with van der Waals surface area (Å²) >= 11 is 6.00. The minimum atomic E-state index is -4.54. The van der Waals surface area contributed by atoms with Crippen molar-refractivity contribution in [2.45, 2.75) is 31.4 Å². The van der Waals surface area contributed by atoms with E-state index in [9.17, 15) is 22.4 Å². The number of halogens is 2. The zero-order valence-corrected chi connectivity index (χ0v) is 17.1. The quantitative estimate of drug-likeness (QED) is 0.494. The Balaban J connectivity index is 2.57. The zero-order valence-electron chi connectivity index (χ0n) is 15.6. The normalized spacial score (nSPS) is 16.3. The number of benzene rings is 1. The number of nitrogens with zero attached hydrogens (tertiary/aromatic N) is 1. The summed E-state index contributed by atoms with van der Waals surface area (Å²) in [6.07, 6.45) is 6.26. The molecule has 0 spiro atoms. The van der Waals surface area contributed by atoms with Gasteiger partial charge in [0.1, 0.15) is 11.1 Å². The molecule has 0 heterocycles. The van der Waals surface area contributed by atoms with Crippen LogP contribution >= 0.6 is 11.6 Å². The van der Waals surface area contributed by atoms with E-state index < -0.39 is 39.8 Å². The molecule has 0 saturated carbocycles. The fourth-order valence-corrected chi connectivity index (χ4v) is 5.09. The molecule has 0 N–H and O–H groups in total. The van der Waals surface area contributed by atoms with Crippen molar-refractivity contribution in [3.05, 3.63) is 40.7 Å². The Hall–Kier alpha value is -2.57. The maximum atomic E-state index is 13.5. The molecule has 1 aromatic carbocycles. The fraction of sp³-hybridized carbons (Fsp3) is 0.368. The summed E-state index contributed by atoms with van der Waals surface area (Å²) < 4.78 is 50.4. The zero-order chi connectivity index (χ0) is 21.6. The lowest BCUT2D eigenvalue weighted by Gasteiger charge is -2.29. The van der Waals surface area contributed by atoms with Crippen LogP contribution in [-0.2, 0) is 24.3 Å². The van der Waals surface area contributed by atoms with Crippen LogP contribution in [0, 0.1) is 18.2 Å². The molecule has 2 rings (SSSR count). The second kappa shape index (κ2) is 9.76. The molecule has 1 aliphatic carbocycles. The van der Waals surface area contributed by atoms with Crippen molar-refractivity contribution in [1.29, 1.82) is 0 Å². The number of carbonyl (C=O) groups is 2. The minimum Gasteiger partial charge on any atom is -0.463 e. The standard InChI is InChI=1S/C19H19ClFNO6S/c1-3-11-28-19(24)22(16-10-9-13(21)12-15(16)20)29(25,26)17-8-6-5-7-14(17)18(23)27-4-2/h1,7,9-10,12,17H,4-6,8,11H2,2H3. The Labute approximate surface area is 173 Å². The smallest absolute Gasteiger partial charge is 0.429 e. The van der Waals surface area contributed by atoms with Crippen molar-refractivity contribution >= 4 is 39.4 Å². The van der Waals surface area contributed by atoms with Crippen LogP contribution in [0.2, 0.25) is 5.02 Å². The van der Waals surface area contributed by atoms with Gasteiger partial charge in [-0.2, -0.15) is 4.31 Å². The third kappa shape index (κ3) is 5.08. The predicted molar refractivity (Wildman–Crippen MR) is 105 cm³/mol. The van der Waals surface area contributed by atoms with Gasteiger partial charge in [0.2, 0.25) is 0 Å². The first-order valence-electron chi connectivity index (χ1n) is 8.70. The number of amides is 1. The summed E-state index contributed by atoms with van der Waals surface area (Å²) in [4.78, 5) is 24.8. The summed E-state index contributed by atoms with van der Waals surface area (Å²) in [5, 5.41) is -1.70. The van der Waals surface area contributed by atoms with Crippen molar-refractivity contribution in [1.82, 2.24) is 0 Å². The van der Waals surface area contributed by atoms with Crippen LogP contribution in [0.1, 0.15) is 26.2 Å². The Kier molecular flexibility index (Phi) is 7.65. The average molecular weight is 444 g/mol. The molecule has 29 heavy (non-hydrogen) atoms. The summed E-state index contributed by atoms with van der Waals surface area (Å²) in [7, 11) is -4.54. The highest BCUT2D eigenvalue weighted by Gasteiger charge is 2.43. The molecule has 1 unspecified atom stereocenters. The molecule has 10 heteroatoms. The number of rotatable bonds is 6. The van der Waals surface area contributed by atoms with E-state index in [1.807, 2.05) is 0 Å². The van der Waals surface area contributed by atoms with Gasteiger partial charge < -0.3 is 9.47 Å². The Morgan fingerprint density at radius 1 is 1.38 bits per heavy atom. The molecular formula is C19H19ClFNO6S. The van der Waals surface area contributed by atoms with Gasteiger partial charge in [0, 0.05) is 0 Å². The SMILES string of the molecule is C#CCOC(=O)N(c1ccc(F)cc1Cl)S(=O)(=O)C1CCCC=C1C(=O)OCC. The summed E-state index contributed by atoms with van der Waals surface area (Å²) in [6.45, 7) is 1.15. The topological polar surface area (TPSA) is 90.0 Å². The number of carbonyl (C=O) groups excluding carboxylic acids is 2. The van der Waals surface area contributed by atoms with Gasteiger partial charge in [-0.1, -0.05) is 23.6 Å². The minimum absolute atomic E-state index is 0.0562. The van der Waals surface area contributed by atoms with E-state index in [2.05, 4.69) is 5.92 Å². The van der Waals surface area contributed by atoms with E-state index in [0.717, 1.165) is 18.2 Å². The average Bonchev–Trinajstić information content (AvgIpc) is 2.68. The van der Waals surface area contributed by atoms with Gasteiger partial charge in [-0.05, 0) is 44.4 Å². The molecule has 0 aliphatic heterocycles. The number of anilines is 1. The van der Waals surface area contributed by atoms with Crippen molar-refractivity contribution in [2.75, 3.05) is 17.5 Å². The van der Waals surface area contributed by atoms with Crippen LogP contribution in [0.3, 0.4) is 0 Å². The van der Waals surface area contributed by atoms with Crippen LogP contribution in [0.5, 0.6) is 0 Å². The van der Waals surface area contributed by atoms with Gasteiger partial charge in [-0.25, -0.2) is 22.4 Å². The van der Waals surface area contributed by atoms with Crippen LogP contribution in [0.15, 0.2) is 29.8 Å². The monoisotopic (exact) mass is 443 g/mol. The van der Waals surface area contributed by atoms with Crippen molar-refractivity contribution in [3.8, 4) is 12.3 Å².